The van der Waals surface area contributed by atoms with Crippen LogP contribution in [0.3, 0.4) is 0 Å². The molecule has 6 nitrogen and oxygen atoms in total. The van der Waals surface area contributed by atoms with Gasteiger partial charge in [0.2, 0.25) is 5.91 Å². The first-order valence-electron chi connectivity index (χ1n) is 6.32. The van der Waals surface area contributed by atoms with E-state index in [0.717, 1.165) is 6.54 Å². The van der Waals surface area contributed by atoms with Crippen molar-refractivity contribution in [2.45, 2.75) is 19.9 Å². The van der Waals surface area contributed by atoms with Gasteiger partial charge in [0.15, 0.2) is 0 Å². The Morgan fingerprint density at radius 1 is 1.32 bits per heavy atom. The van der Waals surface area contributed by atoms with Gasteiger partial charge >= 0.3 is 0 Å². The van der Waals surface area contributed by atoms with Gasteiger partial charge in [-0.05, 0) is 25.6 Å². The first kappa shape index (κ1) is 15.1. The molecule has 0 saturated heterocycles. The molecule has 3 N–H and O–H groups in total. The normalized spacial score (nSPS) is 11.7. The van der Waals surface area contributed by atoms with Crippen molar-refractivity contribution >= 4 is 11.8 Å². The number of pyridine rings is 1. The molecule has 2 amide bonds. The zero-order valence-electron chi connectivity index (χ0n) is 11.3. The molecule has 19 heavy (non-hydrogen) atoms. The second-order valence-electron chi connectivity index (χ2n) is 4.16. The highest BCUT2D eigenvalue weighted by molar-refractivity contribution is 5.94. The Hall–Kier alpha value is -1.95. The van der Waals surface area contributed by atoms with Crippen LogP contribution >= 0.6 is 0 Å². The number of aromatic nitrogens is 1. The van der Waals surface area contributed by atoms with Crippen LogP contribution in [0.5, 0.6) is 0 Å². The maximum atomic E-state index is 11.6. The molecule has 104 valence electrons. The third kappa shape index (κ3) is 5.96. The van der Waals surface area contributed by atoms with Crippen molar-refractivity contribution < 1.29 is 9.59 Å². The molecular weight excluding hydrogens is 244 g/mol. The highest BCUT2D eigenvalue weighted by atomic mass is 16.2. The van der Waals surface area contributed by atoms with Crippen molar-refractivity contribution in [2.75, 3.05) is 19.6 Å². The standard InChI is InChI=1S/C13H20N4O2/c1-3-14-10(2)8-16-12(18)9-17-13(19)11-6-4-5-7-15-11/h4-7,10,14H,3,8-9H2,1-2H3,(H,16,18)(H,17,19)/t10-/m1/s1. The van der Waals surface area contributed by atoms with E-state index in [0.29, 0.717) is 12.2 Å². The Bertz CT molecular complexity index is 408. The van der Waals surface area contributed by atoms with Gasteiger partial charge in [0, 0.05) is 18.8 Å². The number of amides is 2. The molecule has 0 aliphatic rings. The molecule has 0 spiro atoms. The Balaban J connectivity index is 2.25. The monoisotopic (exact) mass is 264 g/mol. The Morgan fingerprint density at radius 2 is 2.11 bits per heavy atom. The summed E-state index contributed by atoms with van der Waals surface area (Å²) in [6.45, 7) is 5.33. The number of likely N-dealkylation sites (N-methyl/N-ethyl adjacent to an activating group) is 1. The van der Waals surface area contributed by atoms with Gasteiger partial charge in [-0.15, -0.1) is 0 Å². The summed E-state index contributed by atoms with van der Waals surface area (Å²) in [6.07, 6.45) is 1.53. The van der Waals surface area contributed by atoms with Crippen molar-refractivity contribution in [3.05, 3.63) is 30.1 Å². The van der Waals surface area contributed by atoms with Crippen molar-refractivity contribution in [3.8, 4) is 0 Å². The lowest BCUT2D eigenvalue weighted by molar-refractivity contribution is -0.120. The van der Waals surface area contributed by atoms with Crippen LogP contribution in [0, 0.1) is 0 Å². The first-order chi connectivity index (χ1) is 9.13. The number of carbonyl (C=O) groups excluding carboxylic acids is 2. The minimum absolute atomic E-state index is 0.0474. The Kier molecular flexibility index (Phi) is 6.52. The van der Waals surface area contributed by atoms with E-state index in [9.17, 15) is 9.59 Å². The highest BCUT2D eigenvalue weighted by Crippen LogP contribution is 1.91. The molecule has 0 aliphatic carbocycles. The van der Waals surface area contributed by atoms with Crippen LogP contribution in [0.25, 0.3) is 0 Å². The van der Waals surface area contributed by atoms with Crippen LogP contribution in [0.1, 0.15) is 24.3 Å². The maximum absolute atomic E-state index is 11.6. The molecule has 0 saturated carbocycles. The third-order valence-corrected chi connectivity index (χ3v) is 2.47. The van der Waals surface area contributed by atoms with Crippen LogP contribution in [0.15, 0.2) is 24.4 Å². The summed E-state index contributed by atoms with van der Waals surface area (Å²) in [5.41, 5.74) is 0.302. The minimum atomic E-state index is -0.351. The first-order valence-corrected chi connectivity index (χ1v) is 6.32. The van der Waals surface area contributed by atoms with Gasteiger partial charge in [0.05, 0.1) is 6.54 Å². The largest absolute Gasteiger partial charge is 0.353 e. The molecule has 0 bridgehead atoms. The maximum Gasteiger partial charge on any atom is 0.270 e. The SMILES string of the molecule is CCN[C@H](C)CNC(=O)CNC(=O)c1ccccn1. The summed E-state index contributed by atoms with van der Waals surface area (Å²) in [6, 6.07) is 5.26. The molecule has 0 aromatic carbocycles. The fourth-order valence-electron chi connectivity index (χ4n) is 1.50. The van der Waals surface area contributed by atoms with Crippen molar-refractivity contribution in [1.29, 1.82) is 0 Å². The zero-order valence-corrected chi connectivity index (χ0v) is 11.3. The van der Waals surface area contributed by atoms with Gasteiger partial charge in [0.1, 0.15) is 5.69 Å². The summed E-state index contributed by atoms with van der Waals surface area (Å²) in [4.78, 5) is 27.0. The van der Waals surface area contributed by atoms with E-state index in [-0.39, 0.29) is 24.4 Å². The fourth-order valence-corrected chi connectivity index (χ4v) is 1.50. The van der Waals surface area contributed by atoms with Crippen LogP contribution < -0.4 is 16.0 Å². The Labute approximate surface area is 113 Å². The van der Waals surface area contributed by atoms with E-state index in [1.807, 2.05) is 13.8 Å². The van der Waals surface area contributed by atoms with Crippen molar-refractivity contribution in [2.24, 2.45) is 0 Å². The highest BCUT2D eigenvalue weighted by Gasteiger charge is 2.09. The molecule has 0 unspecified atom stereocenters. The number of hydrogen-bond acceptors (Lipinski definition) is 4. The van der Waals surface area contributed by atoms with E-state index in [1.165, 1.54) is 6.20 Å². The van der Waals surface area contributed by atoms with Crippen molar-refractivity contribution in [1.82, 2.24) is 20.9 Å². The van der Waals surface area contributed by atoms with Crippen LogP contribution in [-0.2, 0) is 4.79 Å². The molecule has 1 aromatic heterocycles. The Morgan fingerprint density at radius 3 is 2.74 bits per heavy atom. The summed E-state index contributed by atoms with van der Waals surface area (Å²) < 4.78 is 0. The number of carbonyl (C=O) groups is 2. The van der Waals surface area contributed by atoms with Crippen molar-refractivity contribution in [3.63, 3.8) is 0 Å². The molecule has 0 fully saturated rings. The topological polar surface area (TPSA) is 83.1 Å². The zero-order chi connectivity index (χ0) is 14.1. The van der Waals surface area contributed by atoms with Gasteiger partial charge in [-0.1, -0.05) is 13.0 Å². The summed E-state index contributed by atoms with van der Waals surface area (Å²) in [5, 5.41) is 8.44. The van der Waals surface area contributed by atoms with Crippen LogP contribution in [0.2, 0.25) is 0 Å². The predicted molar refractivity (Wildman–Crippen MR) is 72.7 cm³/mol. The molecule has 0 radical (unpaired) electrons. The second kappa shape index (κ2) is 8.20. The van der Waals surface area contributed by atoms with Crippen LogP contribution in [-0.4, -0.2) is 42.5 Å². The summed E-state index contributed by atoms with van der Waals surface area (Å²) in [5.74, 6) is -0.565. The van der Waals surface area contributed by atoms with E-state index in [4.69, 9.17) is 0 Å². The molecule has 0 aliphatic heterocycles. The number of nitrogens with one attached hydrogen (secondary N) is 3. The molecule has 1 aromatic rings. The smallest absolute Gasteiger partial charge is 0.270 e. The predicted octanol–water partition coefficient (Wildman–Crippen LogP) is -0.0744. The van der Waals surface area contributed by atoms with Gasteiger partial charge in [-0.25, -0.2) is 0 Å². The molecule has 1 atom stereocenters. The van der Waals surface area contributed by atoms with E-state index in [2.05, 4.69) is 20.9 Å². The lowest BCUT2D eigenvalue weighted by Gasteiger charge is -2.13. The van der Waals surface area contributed by atoms with Gasteiger partial charge < -0.3 is 16.0 Å². The molecule has 1 heterocycles. The lowest BCUT2D eigenvalue weighted by Crippen LogP contribution is -2.43. The lowest BCUT2D eigenvalue weighted by atomic mass is 10.3. The van der Waals surface area contributed by atoms with E-state index in [1.54, 1.807) is 18.2 Å². The molecule has 6 heteroatoms. The molecular formula is C13H20N4O2. The van der Waals surface area contributed by atoms with Crippen LogP contribution in [0.4, 0.5) is 0 Å². The second-order valence-corrected chi connectivity index (χ2v) is 4.16. The van der Waals surface area contributed by atoms with E-state index < -0.39 is 0 Å². The number of hydrogen-bond donors (Lipinski definition) is 3. The number of rotatable bonds is 7. The quantitative estimate of drug-likeness (QED) is 0.643. The molecule has 1 rings (SSSR count). The van der Waals surface area contributed by atoms with E-state index >= 15 is 0 Å². The summed E-state index contributed by atoms with van der Waals surface area (Å²) in [7, 11) is 0. The average Bonchev–Trinajstić information content (AvgIpc) is 2.44. The van der Waals surface area contributed by atoms with Gasteiger partial charge in [0.25, 0.3) is 5.91 Å². The average molecular weight is 264 g/mol. The van der Waals surface area contributed by atoms with Gasteiger partial charge in [-0.2, -0.15) is 0 Å². The third-order valence-electron chi connectivity index (χ3n) is 2.47. The fraction of sp³-hybridized carbons (Fsp3) is 0.462. The van der Waals surface area contributed by atoms with Gasteiger partial charge in [-0.3, -0.25) is 14.6 Å². The summed E-state index contributed by atoms with van der Waals surface area (Å²) >= 11 is 0. The number of nitrogens with zero attached hydrogens (tertiary/aromatic N) is 1. The minimum Gasteiger partial charge on any atom is -0.353 e.